The van der Waals surface area contributed by atoms with E-state index in [1.54, 1.807) is 0 Å². The Kier molecular flexibility index (Phi) is 9.67. The second-order valence-corrected chi connectivity index (χ2v) is 8.04. The van der Waals surface area contributed by atoms with Crippen LogP contribution in [-0.2, 0) is 6.54 Å². The van der Waals surface area contributed by atoms with Crippen LogP contribution in [0.15, 0.2) is 78.9 Å². The summed E-state index contributed by atoms with van der Waals surface area (Å²) in [7, 11) is 0. The third kappa shape index (κ3) is 6.00. The summed E-state index contributed by atoms with van der Waals surface area (Å²) in [5, 5.41) is 0.846. The largest absolute Gasteiger partial charge is 0.297 e. The van der Waals surface area contributed by atoms with E-state index in [2.05, 4.69) is 83.5 Å². The molecule has 0 aromatic heterocycles. The number of benzene rings is 3. The molecule has 1 aliphatic heterocycles. The fourth-order valence-electron chi connectivity index (χ4n) is 4.17. The number of hydrogen-bond acceptors (Lipinski definition) is 2. The third-order valence-electron chi connectivity index (χ3n) is 5.58. The van der Waals surface area contributed by atoms with Gasteiger partial charge in [-0.25, -0.2) is 0 Å². The van der Waals surface area contributed by atoms with Gasteiger partial charge in [-0.1, -0.05) is 90.0 Å². The Morgan fingerprint density at radius 3 is 2.13 bits per heavy atom. The van der Waals surface area contributed by atoms with Crippen molar-refractivity contribution >= 4 is 36.4 Å². The van der Waals surface area contributed by atoms with Crippen LogP contribution in [-0.4, -0.2) is 36.0 Å². The highest BCUT2D eigenvalue weighted by molar-refractivity contribution is 6.31. The molecule has 2 nitrogen and oxygen atoms in total. The fourth-order valence-corrected chi connectivity index (χ4v) is 4.41. The van der Waals surface area contributed by atoms with Crippen LogP contribution in [0.4, 0.5) is 0 Å². The molecule has 1 atom stereocenters. The zero-order valence-electron chi connectivity index (χ0n) is 17.2. The van der Waals surface area contributed by atoms with Gasteiger partial charge in [-0.05, 0) is 29.7 Å². The molecule has 0 aliphatic carbocycles. The Hall–Kier alpha value is -1.55. The van der Waals surface area contributed by atoms with Gasteiger partial charge in [0.2, 0.25) is 0 Å². The minimum Gasteiger partial charge on any atom is -0.297 e. The maximum absolute atomic E-state index is 6.60. The van der Waals surface area contributed by atoms with E-state index in [4.69, 9.17) is 11.6 Å². The van der Waals surface area contributed by atoms with Crippen molar-refractivity contribution in [1.29, 1.82) is 0 Å². The summed E-state index contributed by atoms with van der Waals surface area (Å²) >= 11 is 6.60. The zero-order valence-corrected chi connectivity index (χ0v) is 19.6. The zero-order chi connectivity index (χ0) is 19.3. The molecule has 1 aliphatic rings. The minimum absolute atomic E-state index is 0. The quantitative estimate of drug-likeness (QED) is 0.432. The number of hydrogen-bond donors (Lipinski definition) is 0. The molecule has 160 valence electrons. The molecule has 0 saturated carbocycles. The molecule has 3 aromatic rings. The van der Waals surface area contributed by atoms with Crippen LogP contribution in [0.2, 0.25) is 5.02 Å². The first-order valence-electron chi connectivity index (χ1n) is 10.0. The van der Waals surface area contributed by atoms with E-state index in [-0.39, 0.29) is 30.9 Å². The normalized spacial score (nSPS) is 15.7. The highest BCUT2D eigenvalue weighted by Gasteiger charge is 2.27. The Bertz CT molecular complexity index is 909. The smallest absolute Gasteiger partial charge is 0.0617 e. The van der Waals surface area contributed by atoms with Crippen LogP contribution in [0, 0.1) is 6.92 Å². The molecule has 0 amide bonds. The SMILES string of the molecule is Cc1cccc(CN2CCN(C(c3ccccc3)c3ccccc3Cl)CC2)c1.Cl.Cl. The summed E-state index contributed by atoms with van der Waals surface area (Å²) in [6.45, 7) is 7.41. The van der Waals surface area contributed by atoms with Gasteiger partial charge in [-0.15, -0.1) is 24.8 Å². The molecule has 0 radical (unpaired) electrons. The van der Waals surface area contributed by atoms with E-state index < -0.39 is 0 Å². The van der Waals surface area contributed by atoms with E-state index >= 15 is 0 Å². The number of aryl methyl sites for hydroxylation is 1. The lowest BCUT2D eigenvalue weighted by Crippen LogP contribution is -2.47. The lowest BCUT2D eigenvalue weighted by atomic mass is 9.96. The van der Waals surface area contributed by atoms with E-state index in [0.29, 0.717) is 0 Å². The maximum atomic E-state index is 6.60. The lowest BCUT2D eigenvalue weighted by Gasteiger charge is -2.40. The number of halogens is 3. The summed E-state index contributed by atoms with van der Waals surface area (Å²) in [5.74, 6) is 0. The first kappa shape index (κ1) is 24.7. The van der Waals surface area contributed by atoms with Crippen molar-refractivity contribution in [1.82, 2.24) is 9.80 Å². The topological polar surface area (TPSA) is 6.48 Å². The van der Waals surface area contributed by atoms with Crippen LogP contribution in [0.1, 0.15) is 28.3 Å². The molecule has 30 heavy (non-hydrogen) atoms. The van der Waals surface area contributed by atoms with E-state index in [9.17, 15) is 0 Å². The second kappa shape index (κ2) is 11.7. The Morgan fingerprint density at radius 2 is 1.47 bits per heavy atom. The van der Waals surface area contributed by atoms with Crippen LogP contribution in [0.25, 0.3) is 0 Å². The van der Waals surface area contributed by atoms with Crippen molar-refractivity contribution in [2.45, 2.75) is 19.5 Å². The summed E-state index contributed by atoms with van der Waals surface area (Å²) in [6, 6.07) is 28.1. The van der Waals surface area contributed by atoms with Crippen molar-refractivity contribution in [3.63, 3.8) is 0 Å². The third-order valence-corrected chi connectivity index (χ3v) is 5.92. The molecule has 1 saturated heterocycles. The molecule has 4 rings (SSSR count). The first-order valence-corrected chi connectivity index (χ1v) is 10.4. The number of piperazine rings is 1. The predicted molar refractivity (Wildman–Crippen MR) is 132 cm³/mol. The van der Waals surface area contributed by atoms with Crippen LogP contribution >= 0.6 is 36.4 Å². The Balaban J connectivity index is 0.00000160. The Morgan fingerprint density at radius 1 is 0.800 bits per heavy atom. The summed E-state index contributed by atoms with van der Waals surface area (Å²) in [4.78, 5) is 5.13. The second-order valence-electron chi connectivity index (χ2n) is 7.64. The van der Waals surface area contributed by atoms with Gasteiger partial charge in [0.1, 0.15) is 0 Å². The molecule has 0 bridgehead atoms. The highest BCUT2D eigenvalue weighted by Crippen LogP contribution is 2.33. The van der Waals surface area contributed by atoms with Crippen LogP contribution in [0.3, 0.4) is 0 Å². The molecule has 1 unspecified atom stereocenters. The van der Waals surface area contributed by atoms with Crippen LogP contribution in [0.5, 0.6) is 0 Å². The van der Waals surface area contributed by atoms with E-state index in [1.807, 2.05) is 12.1 Å². The van der Waals surface area contributed by atoms with E-state index in [1.165, 1.54) is 22.3 Å². The Labute approximate surface area is 197 Å². The summed E-state index contributed by atoms with van der Waals surface area (Å²) in [5.41, 5.74) is 5.24. The van der Waals surface area contributed by atoms with Crippen molar-refractivity contribution in [2.75, 3.05) is 26.2 Å². The summed E-state index contributed by atoms with van der Waals surface area (Å²) < 4.78 is 0. The van der Waals surface area contributed by atoms with Gasteiger partial charge in [0.05, 0.1) is 6.04 Å². The van der Waals surface area contributed by atoms with E-state index in [0.717, 1.165) is 37.7 Å². The standard InChI is InChI=1S/C25H27ClN2.2ClH/c1-20-8-7-9-21(18-20)19-27-14-16-28(17-15-27)25(22-10-3-2-4-11-22)23-12-5-6-13-24(23)26;;/h2-13,18,25H,14-17,19H2,1H3;2*1H. The van der Waals surface area contributed by atoms with Gasteiger partial charge < -0.3 is 0 Å². The van der Waals surface area contributed by atoms with Gasteiger partial charge in [-0.3, -0.25) is 9.80 Å². The lowest BCUT2D eigenvalue weighted by molar-refractivity contribution is 0.105. The average molecular weight is 464 g/mol. The molecular weight excluding hydrogens is 435 g/mol. The average Bonchev–Trinajstić information content (AvgIpc) is 2.72. The molecule has 1 heterocycles. The molecule has 1 fully saturated rings. The van der Waals surface area contributed by atoms with Crippen molar-refractivity contribution in [3.05, 3.63) is 106 Å². The monoisotopic (exact) mass is 462 g/mol. The van der Waals surface area contributed by atoms with Gasteiger partial charge in [0, 0.05) is 37.7 Å². The van der Waals surface area contributed by atoms with Gasteiger partial charge in [0.15, 0.2) is 0 Å². The maximum Gasteiger partial charge on any atom is 0.0617 e. The van der Waals surface area contributed by atoms with Gasteiger partial charge in [0.25, 0.3) is 0 Å². The molecule has 0 spiro atoms. The molecular formula is C25H29Cl3N2. The highest BCUT2D eigenvalue weighted by atomic mass is 35.5. The van der Waals surface area contributed by atoms with Crippen molar-refractivity contribution in [2.24, 2.45) is 0 Å². The minimum atomic E-state index is 0. The predicted octanol–water partition coefficient (Wildman–Crippen LogP) is 6.40. The van der Waals surface area contributed by atoms with Crippen molar-refractivity contribution in [3.8, 4) is 0 Å². The van der Waals surface area contributed by atoms with Gasteiger partial charge >= 0.3 is 0 Å². The summed E-state index contributed by atoms with van der Waals surface area (Å²) in [6.07, 6.45) is 0. The van der Waals surface area contributed by atoms with Crippen molar-refractivity contribution < 1.29 is 0 Å². The first-order chi connectivity index (χ1) is 13.7. The molecule has 5 heteroatoms. The fraction of sp³-hybridized carbons (Fsp3) is 0.280. The molecule has 3 aromatic carbocycles. The molecule has 0 N–H and O–H groups in total. The number of rotatable bonds is 5. The number of nitrogens with zero attached hydrogens (tertiary/aromatic N) is 2. The van der Waals surface area contributed by atoms with Gasteiger partial charge in [-0.2, -0.15) is 0 Å². The van der Waals surface area contributed by atoms with Crippen LogP contribution < -0.4 is 0 Å².